The van der Waals surface area contributed by atoms with Gasteiger partial charge in [0.1, 0.15) is 0 Å². The van der Waals surface area contributed by atoms with Gasteiger partial charge in [-0.2, -0.15) is 0 Å². The van der Waals surface area contributed by atoms with Crippen molar-refractivity contribution in [2.75, 3.05) is 0 Å². The minimum atomic E-state index is -0.514. The first-order valence-electron chi connectivity index (χ1n) is 6.48. The summed E-state index contributed by atoms with van der Waals surface area (Å²) in [6.45, 7) is 6.12. The minimum absolute atomic E-state index is 0.514. The molecule has 2 aromatic rings. The van der Waals surface area contributed by atoms with E-state index in [-0.39, 0.29) is 0 Å². The van der Waals surface area contributed by atoms with Crippen molar-refractivity contribution < 1.29 is 5.11 Å². The summed E-state index contributed by atoms with van der Waals surface area (Å²) in [4.78, 5) is 0. The highest BCUT2D eigenvalue weighted by Crippen LogP contribution is 2.27. The van der Waals surface area contributed by atoms with Crippen LogP contribution in [-0.2, 0) is 6.42 Å². The van der Waals surface area contributed by atoms with Gasteiger partial charge in [-0.25, -0.2) is 0 Å². The Bertz CT molecular complexity index is 590. The Morgan fingerprint density at radius 3 is 2.53 bits per heavy atom. The van der Waals surface area contributed by atoms with Crippen LogP contribution in [0.3, 0.4) is 0 Å². The van der Waals surface area contributed by atoms with Crippen LogP contribution in [0.5, 0.6) is 0 Å². The molecule has 2 aromatic carbocycles. The van der Waals surface area contributed by atoms with Crippen LogP contribution in [0.15, 0.2) is 36.4 Å². The molecule has 100 valence electrons. The van der Waals surface area contributed by atoms with Gasteiger partial charge in [-0.1, -0.05) is 41.9 Å². The van der Waals surface area contributed by atoms with E-state index in [0.717, 1.165) is 27.3 Å². The number of hydrogen-bond acceptors (Lipinski definition) is 1. The first-order valence-corrected chi connectivity index (χ1v) is 6.86. The summed E-state index contributed by atoms with van der Waals surface area (Å²) in [5.74, 6) is 0. The fourth-order valence-electron chi connectivity index (χ4n) is 2.27. The first kappa shape index (κ1) is 14.1. The summed E-state index contributed by atoms with van der Waals surface area (Å²) in [5.41, 5.74) is 5.46. The molecule has 0 bridgehead atoms. The van der Waals surface area contributed by atoms with Crippen LogP contribution in [0.25, 0.3) is 0 Å². The number of aryl methyl sites for hydroxylation is 2. The van der Waals surface area contributed by atoms with E-state index in [1.54, 1.807) is 0 Å². The molecule has 2 rings (SSSR count). The van der Waals surface area contributed by atoms with Gasteiger partial charge in [0.05, 0.1) is 6.10 Å². The third-order valence-electron chi connectivity index (χ3n) is 3.63. The van der Waals surface area contributed by atoms with E-state index >= 15 is 0 Å². The van der Waals surface area contributed by atoms with Gasteiger partial charge < -0.3 is 5.11 Å². The lowest BCUT2D eigenvalue weighted by Gasteiger charge is -2.16. The molecular formula is C17H19ClO. The summed E-state index contributed by atoms with van der Waals surface area (Å²) in [6.07, 6.45) is 0.0313. The highest BCUT2D eigenvalue weighted by Gasteiger charge is 2.13. The molecule has 0 spiro atoms. The number of hydrogen-bond donors (Lipinski definition) is 1. The van der Waals surface area contributed by atoms with E-state index in [0.29, 0.717) is 6.42 Å². The van der Waals surface area contributed by atoms with E-state index < -0.39 is 6.10 Å². The molecule has 0 amide bonds. The van der Waals surface area contributed by atoms with Crippen molar-refractivity contribution in [3.05, 3.63) is 69.2 Å². The minimum Gasteiger partial charge on any atom is -0.388 e. The van der Waals surface area contributed by atoms with Gasteiger partial charge in [-0.15, -0.1) is 0 Å². The fourth-order valence-corrected chi connectivity index (χ4v) is 2.58. The standard InChI is InChI=1S/C17H19ClO/c1-11-7-8-14(16(18)9-11)10-17(19)15-6-4-5-12(2)13(15)3/h4-9,17,19H,10H2,1-3H3. The Hall–Kier alpha value is -1.31. The SMILES string of the molecule is Cc1ccc(CC(O)c2cccc(C)c2C)c(Cl)c1. The van der Waals surface area contributed by atoms with Crippen molar-refractivity contribution in [2.45, 2.75) is 33.3 Å². The monoisotopic (exact) mass is 274 g/mol. The molecule has 0 saturated heterocycles. The Morgan fingerprint density at radius 1 is 1.11 bits per heavy atom. The Morgan fingerprint density at radius 2 is 1.84 bits per heavy atom. The summed E-state index contributed by atoms with van der Waals surface area (Å²) in [7, 11) is 0. The molecule has 0 aromatic heterocycles. The van der Waals surface area contributed by atoms with Crippen molar-refractivity contribution in [2.24, 2.45) is 0 Å². The zero-order valence-corrected chi connectivity index (χ0v) is 12.3. The third-order valence-corrected chi connectivity index (χ3v) is 3.98. The normalized spacial score (nSPS) is 12.5. The number of benzene rings is 2. The second-order valence-corrected chi connectivity index (χ2v) is 5.51. The number of rotatable bonds is 3. The lowest BCUT2D eigenvalue weighted by molar-refractivity contribution is 0.177. The summed E-state index contributed by atoms with van der Waals surface area (Å²) in [5, 5.41) is 11.1. The predicted molar refractivity (Wildman–Crippen MR) is 80.8 cm³/mol. The van der Waals surface area contributed by atoms with E-state index in [1.807, 2.05) is 44.2 Å². The molecule has 0 fully saturated rings. The molecule has 0 radical (unpaired) electrons. The largest absolute Gasteiger partial charge is 0.388 e. The van der Waals surface area contributed by atoms with Gasteiger partial charge in [-0.3, -0.25) is 0 Å². The van der Waals surface area contributed by atoms with Crippen molar-refractivity contribution in [1.82, 2.24) is 0 Å². The molecule has 0 saturated carbocycles. The Labute approximate surface area is 119 Å². The van der Waals surface area contributed by atoms with Crippen LogP contribution in [0.1, 0.15) is 33.9 Å². The molecule has 0 aliphatic carbocycles. The predicted octanol–water partition coefficient (Wildman–Crippen LogP) is 4.54. The molecule has 19 heavy (non-hydrogen) atoms. The zero-order chi connectivity index (χ0) is 14.0. The average molecular weight is 275 g/mol. The van der Waals surface area contributed by atoms with Crippen molar-refractivity contribution in [3.8, 4) is 0 Å². The van der Waals surface area contributed by atoms with Crippen LogP contribution in [0, 0.1) is 20.8 Å². The second-order valence-electron chi connectivity index (χ2n) is 5.10. The van der Waals surface area contributed by atoms with Gasteiger partial charge in [-0.05, 0) is 54.7 Å². The van der Waals surface area contributed by atoms with Gasteiger partial charge in [0.15, 0.2) is 0 Å². The van der Waals surface area contributed by atoms with E-state index in [9.17, 15) is 5.11 Å². The summed E-state index contributed by atoms with van der Waals surface area (Å²) < 4.78 is 0. The van der Waals surface area contributed by atoms with Crippen molar-refractivity contribution >= 4 is 11.6 Å². The second kappa shape index (κ2) is 5.77. The molecule has 0 aliphatic heterocycles. The molecule has 1 N–H and O–H groups in total. The molecule has 0 heterocycles. The maximum absolute atomic E-state index is 10.4. The van der Waals surface area contributed by atoms with Gasteiger partial charge >= 0.3 is 0 Å². The maximum atomic E-state index is 10.4. The van der Waals surface area contributed by atoms with Gasteiger partial charge in [0.25, 0.3) is 0 Å². The van der Waals surface area contributed by atoms with Crippen LogP contribution in [-0.4, -0.2) is 5.11 Å². The molecular weight excluding hydrogens is 256 g/mol. The lowest BCUT2D eigenvalue weighted by Crippen LogP contribution is -2.05. The highest BCUT2D eigenvalue weighted by molar-refractivity contribution is 6.31. The van der Waals surface area contributed by atoms with Crippen LogP contribution >= 0.6 is 11.6 Å². The number of aliphatic hydroxyl groups is 1. The van der Waals surface area contributed by atoms with Gasteiger partial charge in [0, 0.05) is 11.4 Å². The van der Waals surface area contributed by atoms with Crippen LogP contribution < -0.4 is 0 Å². The van der Waals surface area contributed by atoms with Crippen LogP contribution in [0.4, 0.5) is 0 Å². The first-order chi connectivity index (χ1) is 8.99. The van der Waals surface area contributed by atoms with Crippen LogP contribution in [0.2, 0.25) is 5.02 Å². The quantitative estimate of drug-likeness (QED) is 0.871. The smallest absolute Gasteiger partial charge is 0.0833 e. The topological polar surface area (TPSA) is 20.2 Å². The van der Waals surface area contributed by atoms with E-state index in [2.05, 4.69) is 13.0 Å². The average Bonchev–Trinajstić information content (AvgIpc) is 2.36. The van der Waals surface area contributed by atoms with Crippen molar-refractivity contribution in [1.29, 1.82) is 0 Å². The van der Waals surface area contributed by atoms with E-state index in [4.69, 9.17) is 11.6 Å². The summed E-state index contributed by atoms with van der Waals surface area (Å²) in [6, 6.07) is 12.0. The zero-order valence-electron chi connectivity index (χ0n) is 11.6. The summed E-state index contributed by atoms with van der Waals surface area (Å²) >= 11 is 6.22. The molecule has 2 heteroatoms. The van der Waals surface area contributed by atoms with E-state index in [1.165, 1.54) is 5.56 Å². The number of aliphatic hydroxyl groups excluding tert-OH is 1. The lowest BCUT2D eigenvalue weighted by atomic mass is 9.95. The molecule has 1 atom stereocenters. The molecule has 1 unspecified atom stereocenters. The fraction of sp³-hybridized carbons (Fsp3) is 0.294. The van der Waals surface area contributed by atoms with Crippen molar-refractivity contribution in [3.63, 3.8) is 0 Å². The Kier molecular flexibility index (Phi) is 4.28. The molecule has 1 nitrogen and oxygen atoms in total. The highest BCUT2D eigenvalue weighted by atomic mass is 35.5. The maximum Gasteiger partial charge on any atom is 0.0833 e. The Balaban J connectivity index is 2.25. The third kappa shape index (κ3) is 3.17. The van der Waals surface area contributed by atoms with Gasteiger partial charge in [0.2, 0.25) is 0 Å². The number of halogens is 1. The molecule has 0 aliphatic rings.